The van der Waals surface area contributed by atoms with Crippen molar-refractivity contribution in [2.24, 2.45) is 0 Å². The number of anilines is 2. The van der Waals surface area contributed by atoms with E-state index in [-0.39, 0.29) is 11.8 Å². The molecule has 0 spiro atoms. The summed E-state index contributed by atoms with van der Waals surface area (Å²) in [7, 11) is 0. The van der Waals surface area contributed by atoms with E-state index in [0.717, 1.165) is 36.5 Å². The molecular weight excluding hydrogens is 304 g/mol. The predicted molar refractivity (Wildman–Crippen MR) is 91.0 cm³/mol. The van der Waals surface area contributed by atoms with Gasteiger partial charge in [-0.15, -0.1) is 0 Å². The zero-order valence-electron chi connectivity index (χ0n) is 14.3. The molecule has 3 heterocycles. The minimum atomic E-state index is 0.107. The molecule has 1 atom stereocenters. The first-order chi connectivity index (χ1) is 11.5. The summed E-state index contributed by atoms with van der Waals surface area (Å²) in [5, 5.41) is 3.20. The van der Waals surface area contributed by atoms with Gasteiger partial charge < -0.3 is 10.2 Å². The average molecular weight is 326 g/mol. The van der Waals surface area contributed by atoms with Gasteiger partial charge in [0, 0.05) is 49.7 Å². The summed E-state index contributed by atoms with van der Waals surface area (Å²) in [6.45, 7) is 6.97. The zero-order chi connectivity index (χ0) is 17.1. The summed E-state index contributed by atoms with van der Waals surface area (Å²) in [4.78, 5) is 31.3. The van der Waals surface area contributed by atoms with Crippen LogP contribution in [0.25, 0.3) is 0 Å². The summed E-state index contributed by atoms with van der Waals surface area (Å²) < 4.78 is 0. The topological polar surface area (TPSA) is 83.9 Å². The van der Waals surface area contributed by atoms with E-state index in [1.54, 1.807) is 19.3 Å². The van der Waals surface area contributed by atoms with Gasteiger partial charge in [0.1, 0.15) is 0 Å². The molecule has 3 rings (SSSR count). The van der Waals surface area contributed by atoms with Crippen molar-refractivity contribution in [3.8, 4) is 0 Å². The lowest BCUT2D eigenvalue weighted by Gasteiger charge is -2.32. The first-order valence-electron chi connectivity index (χ1n) is 8.18. The van der Waals surface area contributed by atoms with Crippen LogP contribution in [0, 0.1) is 13.8 Å². The lowest BCUT2D eigenvalue weighted by Crippen LogP contribution is -2.38. The zero-order valence-corrected chi connectivity index (χ0v) is 14.3. The number of nitrogens with zero attached hydrogens (tertiary/aromatic N) is 5. The van der Waals surface area contributed by atoms with Gasteiger partial charge in [-0.25, -0.2) is 15.0 Å². The summed E-state index contributed by atoms with van der Waals surface area (Å²) >= 11 is 0. The Hall–Kier alpha value is -2.57. The number of aryl methyl sites for hydroxylation is 2. The van der Waals surface area contributed by atoms with Crippen molar-refractivity contribution >= 4 is 17.7 Å². The normalized spacial score (nSPS) is 17.6. The number of rotatable bonds is 3. The number of likely N-dealkylation sites (tertiary alicyclic amines) is 1. The number of aromatic nitrogens is 4. The van der Waals surface area contributed by atoms with E-state index in [1.807, 2.05) is 24.8 Å². The van der Waals surface area contributed by atoms with E-state index in [1.165, 1.54) is 0 Å². The molecule has 1 aliphatic heterocycles. The third-order valence-electron chi connectivity index (χ3n) is 4.19. The molecule has 1 amide bonds. The fourth-order valence-corrected chi connectivity index (χ4v) is 3.12. The molecule has 0 aromatic carbocycles. The Morgan fingerprint density at radius 1 is 1.21 bits per heavy atom. The third kappa shape index (κ3) is 3.67. The molecule has 7 heteroatoms. The summed E-state index contributed by atoms with van der Waals surface area (Å²) in [6.07, 6.45) is 5.31. The highest BCUT2D eigenvalue weighted by Crippen LogP contribution is 2.30. The van der Waals surface area contributed by atoms with Crippen LogP contribution in [0.2, 0.25) is 0 Å². The van der Waals surface area contributed by atoms with Crippen LogP contribution in [0.1, 0.15) is 42.8 Å². The second-order valence-corrected chi connectivity index (χ2v) is 6.19. The Bertz CT molecular complexity index is 727. The van der Waals surface area contributed by atoms with Gasteiger partial charge in [-0.1, -0.05) is 0 Å². The molecule has 1 saturated heterocycles. The Morgan fingerprint density at radius 3 is 2.62 bits per heavy atom. The Kier molecular flexibility index (Phi) is 4.69. The smallest absolute Gasteiger partial charge is 0.228 e. The number of hydrogen-bond acceptors (Lipinski definition) is 6. The van der Waals surface area contributed by atoms with Crippen LogP contribution in [0.5, 0.6) is 0 Å². The highest BCUT2D eigenvalue weighted by atomic mass is 16.2. The van der Waals surface area contributed by atoms with Crippen LogP contribution in [0.4, 0.5) is 11.8 Å². The van der Waals surface area contributed by atoms with Crippen molar-refractivity contribution in [3.05, 3.63) is 35.5 Å². The molecule has 0 radical (unpaired) electrons. The Labute approximate surface area is 141 Å². The Morgan fingerprint density at radius 2 is 1.92 bits per heavy atom. The molecule has 7 nitrogen and oxygen atoms in total. The maximum Gasteiger partial charge on any atom is 0.228 e. The quantitative estimate of drug-likeness (QED) is 0.932. The minimum absolute atomic E-state index is 0.107. The van der Waals surface area contributed by atoms with Gasteiger partial charge in [0.25, 0.3) is 0 Å². The van der Waals surface area contributed by atoms with E-state index in [4.69, 9.17) is 0 Å². The molecule has 2 aromatic rings. The number of carbonyl (C=O) groups excluding carboxylic acids is 1. The van der Waals surface area contributed by atoms with Crippen molar-refractivity contribution in [1.29, 1.82) is 0 Å². The summed E-state index contributed by atoms with van der Waals surface area (Å²) in [6, 6.07) is 1.93. The maximum atomic E-state index is 11.7. The molecule has 126 valence electrons. The van der Waals surface area contributed by atoms with Gasteiger partial charge in [0.05, 0.1) is 5.69 Å². The van der Waals surface area contributed by atoms with E-state index in [2.05, 4.69) is 25.3 Å². The Balaban J connectivity index is 1.86. The van der Waals surface area contributed by atoms with Crippen molar-refractivity contribution in [3.63, 3.8) is 0 Å². The van der Waals surface area contributed by atoms with E-state index in [0.29, 0.717) is 18.3 Å². The van der Waals surface area contributed by atoms with Crippen LogP contribution < -0.4 is 5.32 Å². The molecule has 0 aliphatic carbocycles. The van der Waals surface area contributed by atoms with Gasteiger partial charge in [-0.2, -0.15) is 0 Å². The van der Waals surface area contributed by atoms with Crippen LogP contribution in [0.15, 0.2) is 18.5 Å². The number of nitrogens with one attached hydrogen (secondary N) is 1. The molecular formula is C17H22N6O. The first-order valence-corrected chi connectivity index (χ1v) is 8.18. The van der Waals surface area contributed by atoms with Gasteiger partial charge in [0.2, 0.25) is 11.9 Å². The standard InChI is InChI=1S/C17H22N6O/c1-11-9-12(2)21-17(20-11)22-16-15(18-6-7-19-16)14-5-4-8-23(10-14)13(3)24/h6-7,9,14H,4-5,8,10H2,1-3H3,(H,19,20,21,22)/t14-/m1/s1. The summed E-state index contributed by atoms with van der Waals surface area (Å²) in [5.41, 5.74) is 2.66. The first kappa shape index (κ1) is 16.3. The lowest BCUT2D eigenvalue weighted by molar-refractivity contribution is -0.130. The average Bonchev–Trinajstić information content (AvgIpc) is 2.54. The maximum absolute atomic E-state index is 11.7. The molecule has 1 aliphatic rings. The molecule has 0 bridgehead atoms. The van der Waals surface area contributed by atoms with Crippen LogP contribution in [-0.2, 0) is 4.79 Å². The van der Waals surface area contributed by atoms with Gasteiger partial charge >= 0.3 is 0 Å². The number of amides is 1. The van der Waals surface area contributed by atoms with Crippen molar-refractivity contribution < 1.29 is 4.79 Å². The van der Waals surface area contributed by atoms with Crippen LogP contribution in [0.3, 0.4) is 0 Å². The molecule has 1 N–H and O–H groups in total. The van der Waals surface area contributed by atoms with E-state index >= 15 is 0 Å². The fraction of sp³-hybridized carbons (Fsp3) is 0.471. The van der Waals surface area contributed by atoms with E-state index < -0.39 is 0 Å². The monoisotopic (exact) mass is 326 g/mol. The van der Waals surface area contributed by atoms with Gasteiger partial charge in [-0.05, 0) is 32.8 Å². The molecule has 24 heavy (non-hydrogen) atoms. The van der Waals surface area contributed by atoms with Crippen LogP contribution >= 0.6 is 0 Å². The minimum Gasteiger partial charge on any atom is -0.342 e. The number of piperidine rings is 1. The second kappa shape index (κ2) is 6.90. The lowest BCUT2D eigenvalue weighted by atomic mass is 9.94. The molecule has 2 aromatic heterocycles. The third-order valence-corrected chi connectivity index (χ3v) is 4.19. The highest BCUT2D eigenvalue weighted by molar-refractivity contribution is 5.73. The van der Waals surface area contributed by atoms with Gasteiger partial charge in [0.15, 0.2) is 5.82 Å². The largest absolute Gasteiger partial charge is 0.342 e. The molecule has 0 saturated carbocycles. The number of hydrogen-bond donors (Lipinski definition) is 1. The van der Waals surface area contributed by atoms with Crippen molar-refractivity contribution in [2.45, 2.75) is 39.5 Å². The van der Waals surface area contributed by atoms with Crippen LogP contribution in [-0.4, -0.2) is 43.8 Å². The van der Waals surface area contributed by atoms with Crippen molar-refractivity contribution in [2.75, 3.05) is 18.4 Å². The predicted octanol–water partition coefficient (Wildman–Crippen LogP) is 2.35. The highest BCUT2D eigenvalue weighted by Gasteiger charge is 2.26. The second-order valence-electron chi connectivity index (χ2n) is 6.19. The number of carbonyl (C=O) groups is 1. The molecule has 1 fully saturated rings. The molecule has 0 unspecified atom stereocenters. The fourth-order valence-electron chi connectivity index (χ4n) is 3.12. The van der Waals surface area contributed by atoms with Crippen molar-refractivity contribution in [1.82, 2.24) is 24.8 Å². The van der Waals surface area contributed by atoms with E-state index in [9.17, 15) is 4.79 Å². The van der Waals surface area contributed by atoms with Gasteiger partial charge in [-0.3, -0.25) is 9.78 Å². The SMILES string of the molecule is CC(=O)N1CCC[C@@H](c2nccnc2Nc2nc(C)cc(C)n2)C1. The summed E-state index contributed by atoms with van der Waals surface area (Å²) in [5.74, 6) is 1.46.